The van der Waals surface area contributed by atoms with Crippen LogP contribution in [0.3, 0.4) is 0 Å². The fourth-order valence-electron chi connectivity index (χ4n) is 1.23. The van der Waals surface area contributed by atoms with Crippen molar-refractivity contribution in [3.63, 3.8) is 0 Å². The third kappa shape index (κ3) is 2.47. The maximum atomic E-state index is 12.6. The van der Waals surface area contributed by atoms with Crippen LogP contribution in [0.2, 0.25) is 5.02 Å². The average Bonchev–Trinajstić information content (AvgIpc) is 2.62. The van der Waals surface area contributed by atoms with E-state index in [2.05, 4.69) is 15.5 Å². The van der Waals surface area contributed by atoms with E-state index in [0.29, 0.717) is 0 Å². The van der Waals surface area contributed by atoms with Crippen molar-refractivity contribution in [1.82, 2.24) is 20.2 Å². The summed E-state index contributed by atoms with van der Waals surface area (Å²) in [4.78, 5) is 0. The molecule has 0 aliphatic heterocycles. The topological polar surface area (TPSA) is 46.5 Å². The Morgan fingerprint density at radius 1 is 1.29 bits per heavy atom. The smallest absolute Gasteiger partial charge is 0.210 e. The van der Waals surface area contributed by atoms with Gasteiger partial charge in [0, 0.05) is 5.02 Å². The van der Waals surface area contributed by atoms with Gasteiger partial charge in [0.2, 0.25) is 4.77 Å². The Kier molecular flexibility index (Phi) is 2.92. The van der Waals surface area contributed by atoms with Gasteiger partial charge < -0.3 is 0 Å². The summed E-state index contributed by atoms with van der Waals surface area (Å²) in [6.45, 7) is 0. The molecule has 0 saturated carbocycles. The van der Waals surface area contributed by atoms with Crippen molar-refractivity contribution in [3.05, 3.63) is 33.6 Å². The van der Waals surface area contributed by atoms with Crippen molar-refractivity contribution < 1.29 is 13.2 Å². The van der Waals surface area contributed by atoms with Crippen molar-refractivity contribution in [2.75, 3.05) is 0 Å². The molecule has 0 amide bonds. The molecule has 2 rings (SSSR count). The Balaban J connectivity index is 2.61. The Morgan fingerprint density at radius 2 is 2.00 bits per heavy atom. The Labute approximate surface area is 103 Å². The second-order valence-electron chi connectivity index (χ2n) is 3.11. The van der Waals surface area contributed by atoms with Gasteiger partial charge in [0.1, 0.15) is 0 Å². The average molecular weight is 281 g/mol. The molecule has 1 aromatic carbocycles. The zero-order chi connectivity index (χ0) is 12.6. The molecule has 17 heavy (non-hydrogen) atoms. The Hall–Kier alpha value is -1.41. The molecule has 0 spiro atoms. The molecule has 4 nitrogen and oxygen atoms in total. The number of nitrogens with one attached hydrogen (secondary N) is 1. The summed E-state index contributed by atoms with van der Waals surface area (Å²) in [6, 6.07) is 3.06. The predicted octanol–water partition coefficient (Wildman–Crippen LogP) is 3.00. The minimum atomic E-state index is -4.48. The van der Waals surface area contributed by atoms with E-state index in [0.717, 1.165) is 16.8 Å². The van der Waals surface area contributed by atoms with E-state index in [1.165, 1.54) is 6.07 Å². The summed E-state index contributed by atoms with van der Waals surface area (Å²) >= 11 is 10.4. The maximum Gasteiger partial charge on any atom is 0.416 e. The van der Waals surface area contributed by atoms with Crippen molar-refractivity contribution in [2.45, 2.75) is 6.18 Å². The number of alkyl halides is 3. The van der Waals surface area contributed by atoms with Crippen LogP contribution in [0.25, 0.3) is 5.69 Å². The normalized spacial score (nSPS) is 11.8. The van der Waals surface area contributed by atoms with Gasteiger partial charge in [0.25, 0.3) is 0 Å². The third-order valence-corrected chi connectivity index (χ3v) is 2.42. The first-order chi connectivity index (χ1) is 7.88. The molecule has 0 radical (unpaired) electrons. The summed E-state index contributed by atoms with van der Waals surface area (Å²) in [5, 5.41) is 9.14. The Bertz CT molecular complexity index is 603. The second-order valence-corrected chi connectivity index (χ2v) is 3.92. The molecule has 0 atom stereocenters. The van der Waals surface area contributed by atoms with Gasteiger partial charge in [-0.25, -0.2) is 4.68 Å². The van der Waals surface area contributed by atoms with Gasteiger partial charge in [-0.1, -0.05) is 21.9 Å². The van der Waals surface area contributed by atoms with Crippen LogP contribution < -0.4 is 0 Å². The van der Waals surface area contributed by atoms with Crippen LogP contribution in [0, 0.1) is 4.77 Å². The predicted molar refractivity (Wildman–Crippen MR) is 56.6 cm³/mol. The lowest BCUT2D eigenvalue weighted by molar-refractivity contribution is -0.137. The molecule has 0 fully saturated rings. The fraction of sp³-hybridized carbons (Fsp3) is 0.125. The number of aromatic amines is 1. The highest BCUT2D eigenvalue weighted by Crippen LogP contribution is 2.32. The molecule has 0 aliphatic carbocycles. The van der Waals surface area contributed by atoms with E-state index in [-0.39, 0.29) is 15.5 Å². The lowest BCUT2D eigenvalue weighted by atomic mass is 10.2. The molecule has 1 heterocycles. The van der Waals surface area contributed by atoms with Crippen LogP contribution in [0.5, 0.6) is 0 Å². The van der Waals surface area contributed by atoms with Gasteiger partial charge in [-0.15, -0.1) is 0 Å². The van der Waals surface area contributed by atoms with E-state index in [4.69, 9.17) is 23.8 Å². The van der Waals surface area contributed by atoms with Crippen molar-refractivity contribution in [2.24, 2.45) is 0 Å². The molecule has 90 valence electrons. The van der Waals surface area contributed by atoms with Gasteiger partial charge in [-0.2, -0.15) is 18.4 Å². The van der Waals surface area contributed by atoms with Crippen LogP contribution in [-0.2, 0) is 6.18 Å². The number of hydrogen-bond acceptors (Lipinski definition) is 3. The van der Waals surface area contributed by atoms with Crippen LogP contribution >= 0.6 is 23.8 Å². The van der Waals surface area contributed by atoms with E-state index >= 15 is 0 Å². The number of nitrogens with zero attached hydrogens (tertiary/aromatic N) is 3. The largest absolute Gasteiger partial charge is 0.416 e. The van der Waals surface area contributed by atoms with Crippen molar-refractivity contribution in [3.8, 4) is 5.69 Å². The van der Waals surface area contributed by atoms with Gasteiger partial charge >= 0.3 is 6.18 Å². The Morgan fingerprint density at radius 3 is 2.53 bits per heavy atom. The minimum Gasteiger partial charge on any atom is -0.210 e. The summed E-state index contributed by atoms with van der Waals surface area (Å²) in [5.74, 6) is 0. The zero-order valence-electron chi connectivity index (χ0n) is 7.99. The lowest BCUT2D eigenvalue weighted by Crippen LogP contribution is -2.07. The first-order valence-electron chi connectivity index (χ1n) is 4.26. The number of halogens is 4. The molecule has 0 unspecified atom stereocenters. The highest BCUT2D eigenvalue weighted by Gasteiger charge is 2.31. The molecule has 0 saturated heterocycles. The highest BCUT2D eigenvalue weighted by atomic mass is 35.5. The van der Waals surface area contributed by atoms with Crippen molar-refractivity contribution >= 4 is 23.8 Å². The van der Waals surface area contributed by atoms with Crippen LogP contribution in [0.4, 0.5) is 13.2 Å². The number of aromatic nitrogens is 4. The quantitative estimate of drug-likeness (QED) is 0.817. The summed E-state index contributed by atoms with van der Waals surface area (Å²) < 4.78 is 38.8. The van der Waals surface area contributed by atoms with Gasteiger partial charge in [0.05, 0.1) is 11.3 Å². The van der Waals surface area contributed by atoms with Gasteiger partial charge in [0.15, 0.2) is 0 Å². The first-order valence-corrected chi connectivity index (χ1v) is 5.05. The van der Waals surface area contributed by atoms with Gasteiger partial charge in [-0.05, 0) is 30.4 Å². The molecule has 1 N–H and O–H groups in total. The SMILES string of the molecule is FC(F)(F)c1cc(Cl)cc(-n2[nH]nnc2=S)c1. The fourth-order valence-corrected chi connectivity index (χ4v) is 1.65. The van der Waals surface area contributed by atoms with E-state index in [9.17, 15) is 13.2 Å². The summed E-state index contributed by atoms with van der Waals surface area (Å²) in [6.07, 6.45) is -4.48. The number of benzene rings is 1. The molecule has 9 heteroatoms. The molecular weight excluding hydrogens is 277 g/mol. The number of H-pyrrole nitrogens is 1. The number of hydrogen-bond donors (Lipinski definition) is 1. The molecular formula is C8H4ClF3N4S. The molecule has 0 bridgehead atoms. The third-order valence-electron chi connectivity index (χ3n) is 1.94. The van der Waals surface area contributed by atoms with E-state index < -0.39 is 11.7 Å². The summed E-state index contributed by atoms with van der Waals surface area (Å²) in [7, 11) is 0. The number of tetrazole rings is 1. The minimum absolute atomic E-state index is 0.0143. The van der Waals surface area contributed by atoms with Crippen molar-refractivity contribution in [1.29, 1.82) is 0 Å². The second kappa shape index (κ2) is 4.11. The van der Waals surface area contributed by atoms with Crippen LogP contribution in [0.15, 0.2) is 18.2 Å². The first kappa shape index (κ1) is 12.1. The van der Waals surface area contributed by atoms with E-state index in [1.54, 1.807) is 0 Å². The molecule has 0 aliphatic rings. The summed E-state index contributed by atoms with van der Waals surface area (Å²) in [5.41, 5.74) is -0.740. The highest BCUT2D eigenvalue weighted by molar-refractivity contribution is 7.71. The lowest BCUT2D eigenvalue weighted by Gasteiger charge is -2.09. The maximum absolute atomic E-state index is 12.6. The molecule has 1 aromatic heterocycles. The standard InChI is InChI=1S/C8H4ClF3N4S/c9-5-1-4(8(10,11)12)2-6(3-5)16-7(17)13-14-15-16/h1-3H,(H,13,15,17). The molecule has 2 aromatic rings. The van der Waals surface area contributed by atoms with Crippen LogP contribution in [-0.4, -0.2) is 20.2 Å². The van der Waals surface area contributed by atoms with Gasteiger partial charge in [-0.3, -0.25) is 0 Å². The monoisotopic (exact) mass is 280 g/mol. The number of rotatable bonds is 1. The van der Waals surface area contributed by atoms with Crippen LogP contribution in [0.1, 0.15) is 5.56 Å². The zero-order valence-corrected chi connectivity index (χ0v) is 9.57. The van der Waals surface area contributed by atoms with E-state index in [1.807, 2.05) is 0 Å².